The highest BCUT2D eigenvalue weighted by Crippen LogP contribution is 2.30. The van der Waals surface area contributed by atoms with Crippen LogP contribution in [0.3, 0.4) is 0 Å². The number of carbonyl (C=O) groups excluding carboxylic acids is 1. The average Bonchev–Trinajstić information content (AvgIpc) is 3.13. The van der Waals surface area contributed by atoms with E-state index in [0.29, 0.717) is 11.4 Å². The van der Waals surface area contributed by atoms with E-state index in [1.54, 1.807) is 24.3 Å². The van der Waals surface area contributed by atoms with Crippen molar-refractivity contribution in [3.05, 3.63) is 36.7 Å². The molecule has 3 N–H and O–H groups in total. The molecule has 0 spiro atoms. The summed E-state index contributed by atoms with van der Waals surface area (Å²) in [5.41, 5.74) is 0.948. The first-order valence-electron chi connectivity index (χ1n) is 6.47. The number of hydrogen-bond acceptors (Lipinski definition) is 4. The maximum atomic E-state index is 12.1. The average molecular weight is 306 g/mol. The highest BCUT2D eigenvalue weighted by atomic mass is 32.2. The van der Waals surface area contributed by atoms with E-state index in [1.807, 2.05) is 0 Å². The second-order valence-corrected chi connectivity index (χ2v) is 6.57. The molecule has 1 aromatic heterocycles. The molecule has 1 heterocycles. The van der Waals surface area contributed by atoms with Crippen LogP contribution in [0.15, 0.2) is 41.6 Å². The summed E-state index contributed by atoms with van der Waals surface area (Å²) in [5, 5.41) is 8.84. The van der Waals surface area contributed by atoms with Crippen molar-refractivity contribution in [1.82, 2.24) is 10.2 Å². The van der Waals surface area contributed by atoms with E-state index in [-0.39, 0.29) is 16.7 Å². The van der Waals surface area contributed by atoms with Crippen LogP contribution in [0.25, 0.3) is 0 Å². The molecule has 8 heteroatoms. The fraction of sp³-hybridized carbons (Fsp3) is 0.231. The molecule has 0 aliphatic heterocycles. The van der Waals surface area contributed by atoms with Crippen LogP contribution in [0.5, 0.6) is 0 Å². The van der Waals surface area contributed by atoms with Gasteiger partial charge in [-0.05, 0) is 31.0 Å². The van der Waals surface area contributed by atoms with E-state index in [1.165, 1.54) is 12.4 Å². The molecular weight excluding hydrogens is 292 g/mol. The van der Waals surface area contributed by atoms with Gasteiger partial charge in [0.15, 0.2) is 0 Å². The predicted molar refractivity (Wildman–Crippen MR) is 77.2 cm³/mol. The van der Waals surface area contributed by atoms with Gasteiger partial charge in [0.2, 0.25) is 5.91 Å². The van der Waals surface area contributed by atoms with E-state index < -0.39 is 10.0 Å². The molecule has 2 aromatic rings. The van der Waals surface area contributed by atoms with Gasteiger partial charge in [-0.25, -0.2) is 8.42 Å². The SMILES string of the molecule is O=C(Nc1cccc(NS(=O)(=O)c2cn[nH]c2)c1)C1CC1. The number of sulfonamides is 1. The number of aromatic nitrogens is 2. The third-order valence-electron chi connectivity index (χ3n) is 3.11. The standard InChI is InChI=1S/C13H14N4O3S/c18-13(9-4-5-9)16-10-2-1-3-11(6-10)17-21(19,20)12-7-14-15-8-12/h1-3,6-9,17H,4-5H2,(H,14,15)(H,16,18). The van der Waals surface area contributed by atoms with Crippen molar-refractivity contribution in [2.24, 2.45) is 5.92 Å². The van der Waals surface area contributed by atoms with E-state index in [4.69, 9.17) is 0 Å². The number of anilines is 2. The van der Waals surface area contributed by atoms with E-state index >= 15 is 0 Å². The van der Waals surface area contributed by atoms with Crippen molar-refractivity contribution < 1.29 is 13.2 Å². The smallest absolute Gasteiger partial charge is 0.265 e. The predicted octanol–water partition coefficient (Wildman–Crippen LogP) is 1.56. The fourth-order valence-corrected chi connectivity index (χ4v) is 2.80. The third-order valence-corrected chi connectivity index (χ3v) is 4.46. The topological polar surface area (TPSA) is 104 Å². The van der Waals surface area contributed by atoms with Crippen LogP contribution in [0.4, 0.5) is 11.4 Å². The van der Waals surface area contributed by atoms with Gasteiger partial charge in [-0.3, -0.25) is 14.6 Å². The van der Waals surface area contributed by atoms with Crippen LogP contribution in [0.2, 0.25) is 0 Å². The van der Waals surface area contributed by atoms with Crippen LogP contribution in [0.1, 0.15) is 12.8 Å². The molecule has 1 amide bonds. The molecular formula is C13H14N4O3S. The van der Waals surface area contributed by atoms with Crippen molar-refractivity contribution in [2.75, 3.05) is 10.0 Å². The largest absolute Gasteiger partial charge is 0.326 e. The van der Waals surface area contributed by atoms with Crippen LogP contribution in [-0.4, -0.2) is 24.5 Å². The van der Waals surface area contributed by atoms with Crippen LogP contribution in [0, 0.1) is 5.92 Å². The Labute approximate surface area is 121 Å². The zero-order chi connectivity index (χ0) is 14.9. The van der Waals surface area contributed by atoms with Crippen molar-refractivity contribution in [2.45, 2.75) is 17.7 Å². The van der Waals surface area contributed by atoms with Gasteiger partial charge in [-0.15, -0.1) is 0 Å². The molecule has 21 heavy (non-hydrogen) atoms. The van der Waals surface area contributed by atoms with Gasteiger partial charge in [0, 0.05) is 17.8 Å². The van der Waals surface area contributed by atoms with Crippen LogP contribution in [-0.2, 0) is 14.8 Å². The van der Waals surface area contributed by atoms with Crippen molar-refractivity contribution >= 4 is 27.3 Å². The molecule has 3 rings (SSSR count). The first-order valence-corrected chi connectivity index (χ1v) is 7.95. The summed E-state index contributed by atoms with van der Waals surface area (Å²) in [7, 11) is -3.68. The zero-order valence-corrected chi connectivity index (χ0v) is 11.9. The molecule has 1 aromatic carbocycles. The maximum Gasteiger partial charge on any atom is 0.265 e. The number of benzene rings is 1. The first-order chi connectivity index (χ1) is 10.0. The molecule has 0 bridgehead atoms. The molecule has 1 aliphatic carbocycles. The molecule has 1 saturated carbocycles. The number of H-pyrrole nitrogens is 1. The molecule has 0 radical (unpaired) electrons. The number of carbonyl (C=O) groups is 1. The molecule has 0 atom stereocenters. The summed E-state index contributed by atoms with van der Waals surface area (Å²) in [6.45, 7) is 0. The summed E-state index contributed by atoms with van der Waals surface area (Å²) in [4.78, 5) is 11.7. The quantitative estimate of drug-likeness (QED) is 0.779. The third kappa shape index (κ3) is 3.22. The maximum absolute atomic E-state index is 12.1. The van der Waals surface area contributed by atoms with Crippen LogP contribution >= 0.6 is 0 Å². The summed E-state index contributed by atoms with van der Waals surface area (Å²) >= 11 is 0. The van der Waals surface area contributed by atoms with Crippen molar-refractivity contribution in [3.63, 3.8) is 0 Å². The Morgan fingerprint density at radius 2 is 2.05 bits per heavy atom. The lowest BCUT2D eigenvalue weighted by Crippen LogP contribution is -2.14. The normalized spacial score (nSPS) is 14.7. The van der Waals surface area contributed by atoms with Gasteiger partial charge in [0.05, 0.1) is 11.9 Å². The summed E-state index contributed by atoms with van der Waals surface area (Å²) in [6.07, 6.45) is 4.35. The van der Waals surface area contributed by atoms with E-state index in [2.05, 4.69) is 20.2 Å². The minimum absolute atomic E-state index is 0.0233. The molecule has 1 fully saturated rings. The Hall–Kier alpha value is -2.35. The second-order valence-electron chi connectivity index (χ2n) is 4.88. The van der Waals surface area contributed by atoms with Crippen molar-refractivity contribution in [3.8, 4) is 0 Å². The molecule has 0 unspecified atom stereocenters. The molecule has 7 nitrogen and oxygen atoms in total. The summed E-state index contributed by atoms with van der Waals surface area (Å²) in [6, 6.07) is 6.59. The van der Waals surface area contributed by atoms with Gasteiger partial charge >= 0.3 is 0 Å². The number of nitrogens with one attached hydrogen (secondary N) is 3. The highest BCUT2D eigenvalue weighted by molar-refractivity contribution is 7.92. The molecule has 110 valence electrons. The number of aromatic amines is 1. The van der Waals surface area contributed by atoms with Gasteiger partial charge in [0.25, 0.3) is 10.0 Å². The van der Waals surface area contributed by atoms with Gasteiger partial charge in [-0.2, -0.15) is 5.10 Å². The monoisotopic (exact) mass is 306 g/mol. The number of nitrogens with zero attached hydrogens (tertiary/aromatic N) is 1. The lowest BCUT2D eigenvalue weighted by atomic mass is 10.2. The lowest BCUT2D eigenvalue weighted by Gasteiger charge is -2.09. The van der Waals surface area contributed by atoms with Crippen LogP contribution < -0.4 is 10.0 Å². The van der Waals surface area contributed by atoms with Gasteiger partial charge in [-0.1, -0.05) is 6.07 Å². The van der Waals surface area contributed by atoms with E-state index in [0.717, 1.165) is 12.8 Å². The number of hydrogen-bond donors (Lipinski definition) is 3. The van der Waals surface area contributed by atoms with E-state index in [9.17, 15) is 13.2 Å². The van der Waals surface area contributed by atoms with Gasteiger partial charge < -0.3 is 5.32 Å². The second kappa shape index (κ2) is 5.21. The van der Waals surface area contributed by atoms with Crippen molar-refractivity contribution in [1.29, 1.82) is 0 Å². The highest BCUT2D eigenvalue weighted by Gasteiger charge is 2.29. The summed E-state index contributed by atoms with van der Waals surface area (Å²) in [5.74, 6) is 0.0705. The first kappa shape index (κ1) is 13.6. The minimum atomic E-state index is -3.68. The summed E-state index contributed by atoms with van der Waals surface area (Å²) < 4.78 is 26.6. The van der Waals surface area contributed by atoms with Gasteiger partial charge in [0.1, 0.15) is 4.90 Å². The number of amides is 1. The molecule has 1 aliphatic rings. The Balaban J connectivity index is 1.75. The Morgan fingerprint density at radius 3 is 2.71 bits per heavy atom. The zero-order valence-electron chi connectivity index (χ0n) is 11.0. The fourth-order valence-electron chi connectivity index (χ4n) is 1.85. The molecule has 0 saturated heterocycles. The Kier molecular flexibility index (Phi) is 3.38. The number of rotatable bonds is 5. The Morgan fingerprint density at radius 1 is 1.29 bits per heavy atom. The lowest BCUT2D eigenvalue weighted by molar-refractivity contribution is -0.117. The Bertz CT molecular complexity index is 751. The minimum Gasteiger partial charge on any atom is -0.326 e.